The summed E-state index contributed by atoms with van der Waals surface area (Å²) in [6.07, 6.45) is -0.0169. The van der Waals surface area contributed by atoms with Gasteiger partial charge in [-0.25, -0.2) is 4.39 Å². The van der Waals surface area contributed by atoms with Gasteiger partial charge in [0, 0.05) is 12.1 Å². The average molecular weight is 202 g/mol. The Bertz CT molecular complexity index is 343. The van der Waals surface area contributed by atoms with Crippen molar-refractivity contribution in [2.75, 3.05) is 11.9 Å². The van der Waals surface area contributed by atoms with Gasteiger partial charge in [0.2, 0.25) is 0 Å². The van der Waals surface area contributed by atoms with Gasteiger partial charge in [0.15, 0.2) is 0 Å². The van der Waals surface area contributed by atoms with Gasteiger partial charge in [-0.2, -0.15) is 0 Å². The summed E-state index contributed by atoms with van der Waals surface area (Å²) in [5, 5.41) is 12.9. The minimum atomic E-state index is -0.607. The molecule has 4 heteroatoms. The summed E-state index contributed by atoms with van der Waals surface area (Å²) in [4.78, 5) is 0. The zero-order valence-electron chi connectivity index (χ0n) is 6.85. The van der Waals surface area contributed by atoms with E-state index in [4.69, 9.17) is 11.6 Å². The predicted molar refractivity (Wildman–Crippen MR) is 49.5 cm³/mol. The summed E-state index contributed by atoms with van der Waals surface area (Å²) >= 11 is 5.80. The van der Waals surface area contributed by atoms with Crippen LogP contribution in [0.3, 0.4) is 0 Å². The lowest BCUT2D eigenvalue weighted by atomic mass is 10.0. The van der Waals surface area contributed by atoms with Gasteiger partial charge in [0.05, 0.1) is 16.8 Å². The molecule has 2 N–H and O–H groups in total. The van der Waals surface area contributed by atoms with Gasteiger partial charge in [-0.15, -0.1) is 0 Å². The number of benzene rings is 1. The van der Waals surface area contributed by atoms with Crippen molar-refractivity contribution in [1.82, 2.24) is 0 Å². The van der Waals surface area contributed by atoms with Crippen LogP contribution >= 0.6 is 11.6 Å². The summed E-state index contributed by atoms with van der Waals surface area (Å²) in [5.41, 5.74) is 1.21. The average Bonchev–Trinajstić information content (AvgIpc) is 2.07. The van der Waals surface area contributed by atoms with Crippen LogP contribution in [0.4, 0.5) is 10.1 Å². The highest BCUT2D eigenvalue weighted by atomic mass is 35.5. The van der Waals surface area contributed by atoms with Crippen LogP contribution in [0, 0.1) is 5.82 Å². The Labute approximate surface area is 80.3 Å². The molecule has 0 spiro atoms. The molecule has 0 saturated carbocycles. The summed E-state index contributed by atoms with van der Waals surface area (Å²) in [7, 11) is 0. The van der Waals surface area contributed by atoms with E-state index in [0.29, 0.717) is 29.2 Å². The highest BCUT2D eigenvalue weighted by Crippen LogP contribution is 2.35. The zero-order valence-corrected chi connectivity index (χ0v) is 7.61. The molecule has 2 rings (SSSR count). The Morgan fingerprint density at radius 3 is 3.08 bits per heavy atom. The fraction of sp³-hybridized carbons (Fsp3) is 0.333. The molecule has 0 amide bonds. The van der Waals surface area contributed by atoms with Crippen LogP contribution < -0.4 is 5.32 Å². The first-order valence-electron chi connectivity index (χ1n) is 4.09. The van der Waals surface area contributed by atoms with Gasteiger partial charge in [-0.05, 0) is 18.6 Å². The van der Waals surface area contributed by atoms with E-state index < -0.39 is 11.9 Å². The minimum Gasteiger partial charge on any atom is -0.388 e. The van der Waals surface area contributed by atoms with Crippen molar-refractivity contribution in [3.8, 4) is 0 Å². The number of hydrogen-bond donors (Lipinski definition) is 2. The second-order valence-electron chi connectivity index (χ2n) is 3.08. The van der Waals surface area contributed by atoms with Gasteiger partial charge in [0.1, 0.15) is 5.82 Å². The number of anilines is 1. The molecular formula is C9H9ClFNO. The van der Waals surface area contributed by atoms with Crippen molar-refractivity contribution in [3.63, 3.8) is 0 Å². The summed E-state index contributed by atoms with van der Waals surface area (Å²) < 4.78 is 12.9. The predicted octanol–water partition coefficient (Wildman–Crippen LogP) is 2.33. The highest BCUT2D eigenvalue weighted by molar-refractivity contribution is 6.33. The number of fused-ring (bicyclic) bond motifs is 1. The fourth-order valence-corrected chi connectivity index (χ4v) is 1.81. The standard InChI is InChI=1S/C9H9ClFNO/c10-7-4-5(11)3-6-8(13)1-2-12-9(6)7/h3-4,8,12-13H,1-2H2. The monoisotopic (exact) mass is 201 g/mol. The smallest absolute Gasteiger partial charge is 0.125 e. The topological polar surface area (TPSA) is 32.3 Å². The van der Waals surface area contributed by atoms with Crippen LogP contribution in [0.1, 0.15) is 18.1 Å². The third-order valence-electron chi connectivity index (χ3n) is 2.16. The molecule has 2 nitrogen and oxygen atoms in total. The summed E-state index contributed by atoms with van der Waals surface area (Å²) in [6.45, 7) is 0.666. The van der Waals surface area contributed by atoms with Gasteiger partial charge in [-0.3, -0.25) is 0 Å². The van der Waals surface area contributed by atoms with Gasteiger partial charge >= 0.3 is 0 Å². The SMILES string of the molecule is OC1CCNc2c(Cl)cc(F)cc21. The lowest BCUT2D eigenvalue weighted by Crippen LogP contribution is -2.17. The van der Waals surface area contributed by atoms with Crippen molar-refractivity contribution in [1.29, 1.82) is 0 Å². The summed E-state index contributed by atoms with van der Waals surface area (Å²) in [5.74, 6) is -0.411. The van der Waals surface area contributed by atoms with E-state index in [-0.39, 0.29) is 0 Å². The van der Waals surface area contributed by atoms with E-state index in [0.717, 1.165) is 0 Å². The van der Waals surface area contributed by atoms with E-state index in [1.54, 1.807) is 0 Å². The Morgan fingerprint density at radius 2 is 2.31 bits per heavy atom. The highest BCUT2D eigenvalue weighted by Gasteiger charge is 2.20. The Morgan fingerprint density at radius 1 is 1.54 bits per heavy atom. The number of rotatable bonds is 0. The molecule has 1 heterocycles. The molecule has 1 aliphatic rings. The van der Waals surface area contributed by atoms with E-state index in [2.05, 4.69) is 5.32 Å². The molecule has 0 saturated heterocycles. The molecule has 1 aromatic carbocycles. The first kappa shape index (κ1) is 8.78. The molecule has 0 fully saturated rings. The zero-order chi connectivity index (χ0) is 9.42. The normalized spacial score (nSPS) is 20.7. The quantitative estimate of drug-likeness (QED) is 0.675. The lowest BCUT2D eigenvalue weighted by Gasteiger charge is -2.23. The number of hydrogen-bond acceptors (Lipinski definition) is 2. The first-order chi connectivity index (χ1) is 6.18. The van der Waals surface area contributed by atoms with Crippen LogP contribution in [-0.4, -0.2) is 11.7 Å². The maximum Gasteiger partial charge on any atom is 0.125 e. The van der Waals surface area contributed by atoms with Crippen molar-refractivity contribution in [3.05, 3.63) is 28.5 Å². The lowest BCUT2D eigenvalue weighted by molar-refractivity contribution is 0.168. The molecule has 0 aromatic heterocycles. The van der Waals surface area contributed by atoms with Crippen LogP contribution in [0.15, 0.2) is 12.1 Å². The molecule has 70 valence electrons. The minimum absolute atomic E-state index is 0.328. The maximum absolute atomic E-state index is 12.9. The maximum atomic E-state index is 12.9. The van der Waals surface area contributed by atoms with E-state index in [9.17, 15) is 9.50 Å². The van der Waals surface area contributed by atoms with Crippen molar-refractivity contribution in [2.24, 2.45) is 0 Å². The number of aliphatic hydroxyl groups excluding tert-OH is 1. The number of halogens is 2. The largest absolute Gasteiger partial charge is 0.388 e. The molecule has 0 bridgehead atoms. The van der Waals surface area contributed by atoms with Crippen molar-refractivity contribution in [2.45, 2.75) is 12.5 Å². The van der Waals surface area contributed by atoms with Crippen molar-refractivity contribution >= 4 is 17.3 Å². The second-order valence-corrected chi connectivity index (χ2v) is 3.49. The Kier molecular flexibility index (Phi) is 2.14. The Balaban J connectivity index is 2.56. The van der Waals surface area contributed by atoms with E-state index in [1.165, 1.54) is 12.1 Å². The van der Waals surface area contributed by atoms with Crippen molar-refractivity contribution < 1.29 is 9.50 Å². The van der Waals surface area contributed by atoms with Crippen LogP contribution in [-0.2, 0) is 0 Å². The third-order valence-corrected chi connectivity index (χ3v) is 2.46. The van der Waals surface area contributed by atoms with E-state index in [1.807, 2.05) is 0 Å². The molecular weight excluding hydrogens is 193 g/mol. The second kappa shape index (κ2) is 3.16. The molecule has 13 heavy (non-hydrogen) atoms. The van der Waals surface area contributed by atoms with Gasteiger partial charge in [-0.1, -0.05) is 11.6 Å². The first-order valence-corrected chi connectivity index (χ1v) is 4.47. The van der Waals surface area contributed by atoms with Crippen LogP contribution in [0.25, 0.3) is 0 Å². The Hall–Kier alpha value is -0.800. The molecule has 1 aromatic rings. The fourth-order valence-electron chi connectivity index (χ4n) is 1.53. The van der Waals surface area contributed by atoms with Crippen LogP contribution in [0.5, 0.6) is 0 Å². The molecule has 1 aliphatic heterocycles. The van der Waals surface area contributed by atoms with Gasteiger partial charge < -0.3 is 10.4 Å². The van der Waals surface area contributed by atoms with E-state index >= 15 is 0 Å². The molecule has 0 radical (unpaired) electrons. The summed E-state index contributed by atoms with van der Waals surface area (Å²) in [6, 6.07) is 2.56. The number of nitrogens with one attached hydrogen (secondary N) is 1. The molecule has 1 atom stereocenters. The number of aliphatic hydroxyl groups is 1. The molecule has 1 unspecified atom stereocenters. The molecule has 0 aliphatic carbocycles. The van der Waals surface area contributed by atoms with Crippen LogP contribution in [0.2, 0.25) is 5.02 Å². The third kappa shape index (κ3) is 1.49. The van der Waals surface area contributed by atoms with Gasteiger partial charge in [0.25, 0.3) is 0 Å².